The molecule has 4 heteroatoms. The van der Waals surface area contributed by atoms with Crippen LogP contribution < -0.4 is 5.32 Å². The normalized spacial score (nSPS) is 10.8. The van der Waals surface area contributed by atoms with E-state index in [-0.39, 0.29) is 5.69 Å². The molecular weight excluding hydrogens is 210 g/mol. The third-order valence-corrected chi connectivity index (χ3v) is 2.57. The van der Waals surface area contributed by atoms with Gasteiger partial charge in [0.15, 0.2) is 0 Å². The molecule has 0 amide bonds. The van der Waals surface area contributed by atoms with Crippen LogP contribution in [0.25, 0.3) is 0 Å². The first-order valence-electron chi connectivity index (χ1n) is 5.58. The minimum absolute atomic E-state index is 0.229. The maximum atomic E-state index is 13.2. The molecule has 0 aliphatic heterocycles. The van der Waals surface area contributed by atoms with Gasteiger partial charge in [-0.1, -0.05) is 13.8 Å². The molecule has 90 valence electrons. The van der Waals surface area contributed by atoms with Gasteiger partial charge >= 0.3 is 0 Å². The zero-order valence-electron chi connectivity index (χ0n) is 9.76. The van der Waals surface area contributed by atoms with Crippen molar-refractivity contribution in [3.63, 3.8) is 0 Å². The lowest BCUT2D eigenvalue weighted by Crippen LogP contribution is -2.28. The van der Waals surface area contributed by atoms with Gasteiger partial charge in [0.05, 0.1) is 5.69 Å². The van der Waals surface area contributed by atoms with Crippen LogP contribution in [-0.2, 0) is 0 Å². The van der Waals surface area contributed by atoms with Crippen molar-refractivity contribution in [1.82, 2.24) is 4.90 Å². The summed E-state index contributed by atoms with van der Waals surface area (Å²) in [5.41, 5.74) is 0.229. The van der Waals surface area contributed by atoms with E-state index in [0.29, 0.717) is 6.54 Å². The molecule has 0 bridgehead atoms. The second kappa shape index (κ2) is 6.43. The molecule has 2 nitrogen and oxygen atoms in total. The van der Waals surface area contributed by atoms with Crippen LogP contribution in [0.1, 0.15) is 13.8 Å². The molecule has 1 aromatic carbocycles. The minimum Gasteiger partial charge on any atom is -0.381 e. The Kier molecular flexibility index (Phi) is 5.19. The second-order valence-electron chi connectivity index (χ2n) is 3.58. The summed E-state index contributed by atoms with van der Waals surface area (Å²) in [6, 6.07) is 3.43. The molecule has 1 N–H and O–H groups in total. The number of benzene rings is 1. The molecule has 16 heavy (non-hydrogen) atoms. The van der Waals surface area contributed by atoms with Crippen LogP contribution in [0.15, 0.2) is 18.2 Å². The highest BCUT2D eigenvalue weighted by molar-refractivity contribution is 5.44. The van der Waals surface area contributed by atoms with Crippen LogP contribution >= 0.6 is 0 Å². The van der Waals surface area contributed by atoms with Crippen molar-refractivity contribution >= 4 is 5.69 Å². The monoisotopic (exact) mass is 228 g/mol. The SMILES string of the molecule is CCN(CC)CCNc1cc(F)ccc1F. The quantitative estimate of drug-likeness (QED) is 0.805. The van der Waals surface area contributed by atoms with Crippen molar-refractivity contribution < 1.29 is 8.78 Å². The lowest BCUT2D eigenvalue weighted by molar-refractivity contribution is 0.316. The number of likely N-dealkylation sites (N-methyl/N-ethyl adjacent to an activating group) is 1. The smallest absolute Gasteiger partial charge is 0.146 e. The van der Waals surface area contributed by atoms with E-state index < -0.39 is 11.6 Å². The van der Waals surface area contributed by atoms with Crippen molar-refractivity contribution in [1.29, 1.82) is 0 Å². The van der Waals surface area contributed by atoms with Gasteiger partial charge in [-0.25, -0.2) is 8.78 Å². The van der Waals surface area contributed by atoms with Gasteiger partial charge in [-0.05, 0) is 31.3 Å². The maximum absolute atomic E-state index is 13.2. The summed E-state index contributed by atoms with van der Waals surface area (Å²) >= 11 is 0. The van der Waals surface area contributed by atoms with Crippen molar-refractivity contribution in [3.8, 4) is 0 Å². The number of anilines is 1. The Morgan fingerprint density at radius 1 is 1.19 bits per heavy atom. The Hall–Kier alpha value is -1.16. The summed E-state index contributed by atoms with van der Waals surface area (Å²) in [5.74, 6) is -0.840. The highest BCUT2D eigenvalue weighted by Crippen LogP contribution is 2.14. The summed E-state index contributed by atoms with van der Waals surface area (Å²) in [6.07, 6.45) is 0. The number of hydrogen-bond acceptors (Lipinski definition) is 2. The van der Waals surface area contributed by atoms with Crippen molar-refractivity contribution in [3.05, 3.63) is 29.8 Å². The Morgan fingerprint density at radius 3 is 2.50 bits per heavy atom. The zero-order chi connectivity index (χ0) is 12.0. The summed E-state index contributed by atoms with van der Waals surface area (Å²) < 4.78 is 26.1. The van der Waals surface area contributed by atoms with Gasteiger partial charge < -0.3 is 10.2 Å². The van der Waals surface area contributed by atoms with Gasteiger partial charge in [-0.15, -0.1) is 0 Å². The van der Waals surface area contributed by atoms with Gasteiger partial charge in [-0.2, -0.15) is 0 Å². The molecule has 0 spiro atoms. The molecule has 1 aromatic rings. The van der Waals surface area contributed by atoms with Crippen molar-refractivity contribution in [2.24, 2.45) is 0 Å². The molecule has 0 heterocycles. The molecule has 1 rings (SSSR count). The van der Waals surface area contributed by atoms with E-state index >= 15 is 0 Å². The Balaban J connectivity index is 2.45. The highest BCUT2D eigenvalue weighted by Gasteiger charge is 2.03. The fourth-order valence-corrected chi connectivity index (χ4v) is 1.52. The van der Waals surface area contributed by atoms with Crippen LogP contribution in [-0.4, -0.2) is 31.1 Å². The first-order chi connectivity index (χ1) is 7.67. The predicted molar refractivity (Wildman–Crippen MR) is 62.6 cm³/mol. The van der Waals surface area contributed by atoms with Gasteiger partial charge in [0.2, 0.25) is 0 Å². The average molecular weight is 228 g/mol. The van der Waals surface area contributed by atoms with E-state index in [1.165, 1.54) is 6.07 Å². The molecule has 0 aromatic heterocycles. The van der Waals surface area contributed by atoms with Crippen molar-refractivity contribution in [2.45, 2.75) is 13.8 Å². The van der Waals surface area contributed by atoms with E-state index in [1.807, 2.05) is 0 Å². The van der Waals surface area contributed by atoms with Gasteiger partial charge in [0.1, 0.15) is 11.6 Å². The maximum Gasteiger partial charge on any atom is 0.146 e. The van der Waals surface area contributed by atoms with Gasteiger partial charge in [0, 0.05) is 13.1 Å². The summed E-state index contributed by atoms with van der Waals surface area (Å²) in [7, 11) is 0. The van der Waals surface area contributed by atoms with E-state index in [4.69, 9.17) is 0 Å². The number of halogens is 2. The summed E-state index contributed by atoms with van der Waals surface area (Å²) in [6.45, 7) is 7.51. The molecule has 0 saturated heterocycles. The molecule has 0 unspecified atom stereocenters. The molecular formula is C12H18F2N2. The Labute approximate surface area is 95.3 Å². The van der Waals surface area contributed by atoms with Crippen LogP contribution in [0, 0.1) is 11.6 Å². The zero-order valence-corrected chi connectivity index (χ0v) is 9.76. The lowest BCUT2D eigenvalue weighted by atomic mass is 10.3. The van der Waals surface area contributed by atoms with E-state index in [2.05, 4.69) is 24.1 Å². The largest absolute Gasteiger partial charge is 0.381 e. The van der Waals surface area contributed by atoms with E-state index in [9.17, 15) is 8.78 Å². The molecule has 0 atom stereocenters. The molecule has 0 radical (unpaired) electrons. The minimum atomic E-state index is -0.424. The second-order valence-corrected chi connectivity index (χ2v) is 3.58. The molecule has 0 fully saturated rings. The van der Waals surface area contributed by atoms with Crippen LogP contribution in [0.2, 0.25) is 0 Å². The third kappa shape index (κ3) is 3.77. The molecule has 0 aliphatic rings. The van der Waals surface area contributed by atoms with Crippen LogP contribution in [0.4, 0.5) is 14.5 Å². The van der Waals surface area contributed by atoms with Gasteiger partial charge in [-0.3, -0.25) is 0 Å². The molecule has 0 saturated carbocycles. The lowest BCUT2D eigenvalue weighted by Gasteiger charge is -2.18. The van der Waals surface area contributed by atoms with Crippen LogP contribution in [0.5, 0.6) is 0 Å². The fourth-order valence-electron chi connectivity index (χ4n) is 1.52. The van der Waals surface area contributed by atoms with Gasteiger partial charge in [0.25, 0.3) is 0 Å². The molecule has 0 aliphatic carbocycles. The first kappa shape index (κ1) is 12.9. The predicted octanol–water partition coefficient (Wildman–Crippen LogP) is 2.72. The summed E-state index contributed by atoms with van der Waals surface area (Å²) in [5, 5.41) is 2.90. The average Bonchev–Trinajstić information content (AvgIpc) is 2.29. The highest BCUT2D eigenvalue weighted by atomic mass is 19.1. The Morgan fingerprint density at radius 2 is 1.88 bits per heavy atom. The fraction of sp³-hybridized carbons (Fsp3) is 0.500. The summed E-state index contributed by atoms with van der Waals surface area (Å²) in [4.78, 5) is 2.21. The van der Waals surface area contributed by atoms with E-state index in [0.717, 1.165) is 31.8 Å². The number of nitrogens with one attached hydrogen (secondary N) is 1. The third-order valence-electron chi connectivity index (χ3n) is 2.57. The first-order valence-corrected chi connectivity index (χ1v) is 5.58. The number of hydrogen-bond donors (Lipinski definition) is 1. The standard InChI is InChI=1S/C12H18F2N2/c1-3-16(4-2)8-7-15-12-9-10(13)5-6-11(12)14/h5-6,9,15H,3-4,7-8H2,1-2H3. The van der Waals surface area contributed by atoms with E-state index in [1.54, 1.807) is 0 Å². The van der Waals surface area contributed by atoms with Crippen LogP contribution in [0.3, 0.4) is 0 Å². The topological polar surface area (TPSA) is 15.3 Å². The van der Waals surface area contributed by atoms with Crippen molar-refractivity contribution in [2.75, 3.05) is 31.5 Å². The number of rotatable bonds is 6. The number of nitrogens with zero attached hydrogens (tertiary/aromatic N) is 1. The Bertz CT molecular complexity index is 325.